The van der Waals surface area contributed by atoms with E-state index < -0.39 is 0 Å². The van der Waals surface area contributed by atoms with Crippen LogP contribution < -0.4 is 0 Å². The van der Waals surface area contributed by atoms with Crippen LogP contribution in [0.3, 0.4) is 0 Å². The van der Waals surface area contributed by atoms with Crippen LogP contribution in [-0.4, -0.2) is 27.6 Å². The van der Waals surface area contributed by atoms with Crippen LogP contribution >= 0.6 is 23.4 Å². The Morgan fingerprint density at radius 2 is 2.00 bits per heavy atom. The summed E-state index contributed by atoms with van der Waals surface area (Å²) in [6, 6.07) is 0. The Labute approximate surface area is 72.1 Å². The molecule has 0 aromatic heterocycles. The molecule has 62 valence electrons. The van der Waals surface area contributed by atoms with E-state index in [1.165, 1.54) is 0 Å². The van der Waals surface area contributed by atoms with E-state index in [0.717, 1.165) is 5.75 Å². The molecule has 0 aromatic carbocycles. The van der Waals surface area contributed by atoms with Crippen molar-refractivity contribution in [2.45, 2.75) is 31.6 Å². The molecule has 0 radical (unpaired) electrons. The van der Waals surface area contributed by atoms with Gasteiger partial charge in [-0.25, -0.2) is 0 Å². The molecule has 1 atom stereocenters. The second-order valence-electron chi connectivity index (χ2n) is 3.23. The Morgan fingerprint density at radius 1 is 1.50 bits per heavy atom. The zero-order chi connectivity index (χ0) is 8.20. The van der Waals surface area contributed by atoms with E-state index in [1.807, 2.05) is 0 Å². The molecule has 0 saturated heterocycles. The number of alkyl halides is 1. The van der Waals surface area contributed by atoms with E-state index in [-0.39, 0.29) is 10.9 Å². The van der Waals surface area contributed by atoms with Crippen LogP contribution in [0.4, 0.5) is 0 Å². The Morgan fingerprint density at radius 3 is 2.30 bits per heavy atom. The minimum atomic E-state index is -0.356. The van der Waals surface area contributed by atoms with Gasteiger partial charge in [-0.15, -0.1) is 11.6 Å². The third-order valence-corrected chi connectivity index (χ3v) is 2.66. The van der Waals surface area contributed by atoms with Gasteiger partial charge in [0, 0.05) is 16.4 Å². The Bertz CT molecular complexity index is 90.1. The summed E-state index contributed by atoms with van der Waals surface area (Å²) in [6.07, 6.45) is -0.356. The van der Waals surface area contributed by atoms with Crippen molar-refractivity contribution in [3.63, 3.8) is 0 Å². The second-order valence-corrected chi connectivity index (χ2v) is 5.39. The Hall–Kier alpha value is 0.600. The van der Waals surface area contributed by atoms with Crippen LogP contribution in [0.5, 0.6) is 0 Å². The summed E-state index contributed by atoms with van der Waals surface area (Å²) in [4.78, 5) is 0. The molecule has 0 aromatic rings. The van der Waals surface area contributed by atoms with Crippen LogP contribution in [0.25, 0.3) is 0 Å². The molecule has 0 aliphatic rings. The van der Waals surface area contributed by atoms with E-state index in [1.54, 1.807) is 11.8 Å². The standard InChI is InChI=1S/C7H15ClOS/c1-7(2,3)10-5-6(9)4-8/h6,9H,4-5H2,1-3H3/t6-/m0/s1. The number of hydrogen-bond donors (Lipinski definition) is 1. The summed E-state index contributed by atoms with van der Waals surface area (Å²) in [5.74, 6) is 1.07. The molecular weight excluding hydrogens is 168 g/mol. The smallest absolute Gasteiger partial charge is 0.0765 e. The van der Waals surface area contributed by atoms with Crippen molar-refractivity contribution in [3.05, 3.63) is 0 Å². The fourth-order valence-electron chi connectivity index (χ4n) is 0.391. The van der Waals surface area contributed by atoms with Gasteiger partial charge in [0.15, 0.2) is 0 Å². The second kappa shape index (κ2) is 4.47. The van der Waals surface area contributed by atoms with E-state index >= 15 is 0 Å². The highest BCUT2D eigenvalue weighted by Crippen LogP contribution is 2.23. The van der Waals surface area contributed by atoms with Crippen LogP contribution in [0.1, 0.15) is 20.8 Å². The van der Waals surface area contributed by atoms with Crippen molar-refractivity contribution in [2.75, 3.05) is 11.6 Å². The molecule has 0 rings (SSSR count). The molecule has 10 heavy (non-hydrogen) atoms. The lowest BCUT2D eigenvalue weighted by atomic mass is 10.3. The van der Waals surface area contributed by atoms with E-state index in [2.05, 4.69) is 20.8 Å². The molecular formula is C7H15ClOS. The van der Waals surface area contributed by atoms with Gasteiger partial charge in [-0.05, 0) is 0 Å². The number of aliphatic hydroxyl groups is 1. The van der Waals surface area contributed by atoms with Gasteiger partial charge in [-0.1, -0.05) is 20.8 Å². The largest absolute Gasteiger partial charge is 0.391 e. The minimum absolute atomic E-state index is 0.229. The van der Waals surface area contributed by atoms with E-state index in [0.29, 0.717) is 5.88 Å². The molecule has 0 heterocycles. The zero-order valence-corrected chi connectivity index (χ0v) is 8.30. The van der Waals surface area contributed by atoms with Crippen molar-refractivity contribution in [2.24, 2.45) is 0 Å². The van der Waals surface area contributed by atoms with Gasteiger partial charge < -0.3 is 5.11 Å². The van der Waals surface area contributed by atoms with Gasteiger partial charge in [0.2, 0.25) is 0 Å². The van der Waals surface area contributed by atoms with Gasteiger partial charge in [0.1, 0.15) is 0 Å². The lowest BCUT2D eigenvalue weighted by Crippen LogP contribution is -2.17. The van der Waals surface area contributed by atoms with E-state index in [9.17, 15) is 0 Å². The summed E-state index contributed by atoms with van der Waals surface area (Å²) in [5.41, 5.74) is 0. The first-order valence-corrected chi connectivity index (χ1v) is 4.85. The summed E-state index contributed by atoms with van der Waals surface area (Å²) in [5, 5.41) is 9.07. The molecule has 0 fully saturated rings. The minimum Gasteiger partial charge on any atom is -0.391 e. The molecule has 0 aliphatic heterocycles. The SMILES string of the molecule is CC(C)(C)SC[C@@H](O)CCl. The highest BCUT2D eigenvalue weighted by atomic mass is 35.5. The topological polar surface area (TPSA) is 20.2 Å². The van der Waals surface area contributed by atoms with Crippen LogP contribution in [0.2, 0.25) is 0 Å². The van der Waals surface area contributed by atoms with Crippen molar-refractivity contribution in [3.8, 4) is 0 Å². The first-order valence-electron chi connectivity index (χ1n) is 3.33. The van der Waals surface area contributed by atoms with Gasteiger partial charge in [0.25, 0.3) is 0 Å². The van der Waals surface area contributed by atoms with Crippen molar-refractivity contribution in [1.29, 1.82) is 0 Å². The first-order chi connectivity index (χ1) is 4.45. The van der Waals surface area contributed by atoms with Gasteiger partial charge in [-0.2, -0.15) is 11.8 Å². The third kappa shape index (κ3) is 6.72. The maximum absolute atomic E-state index is 9.07. The highest BCUT2D eigenvalue weighted by molar-refractivity contribution is 8.00. The van der Waals surface area contributed by atoms with Crippen LogP contribution in [0, 0.1) is 0 Å². The highest BCUT2D eigenvalue weighted by Gasteiger charge is 2.12. The molecule has 3 heteroatoms. The quantitative estimate of drug-likeness (QED) is 0.675. The molecule has 0 saturated carbocycles. The molecule has 0 aliphatic carbocycles. The summed E-state index contributed by atoms with van der Waals surface area (Å²) in [6.45, 7) is 6.37. The fraction of sp³-hybridized carbons (Fsp3) is 1.00. The van der Waals surface area contributed by atoms with Crippen LogP contribution in [-0.2, 0) is 0 Å². The maximum Gasteiger partial charge on any atom is 0.0765 e. The molecule has 1 N–H and O–H groups in total. The molecule has 0 bridgehead atoms. The molecule has 0 unspecified atom stereocenters. The van der Waals surface area contributed by atoms with Gasteiger partial charge in [-0.3, -0.25) is 0 Å². The molecule has 1 nitrogen and oxygen atoms in total. The first kappa shape index (κ1) is 10.6. The Balaban J connectivity index is 3.36. The van der Waals surface area contributed by atoms with Crippen LogP contribution in [0.15, 0.2) is 0 Å². The summed E-state index contributed by atoms with van der Waals surface area (Å²) < 4.78 is 0.229. The lowest BCUT2D eigenvalue weighted by Gasteiger charge is -2.18. The third-order valence-electron chi connectivity index (χ3n) is 0.887. The fourth-order valence-corrected chi connectivity index (χ4v) is 1.44. The maximum atomic E-state index is 9.07. The van der Waals surface area contributed by atoms with Crippen molar-refractivity contribution >= 4 is 23.4 Å². The number of hydrogen-bond acceptors (Lipinski definition) is 2. The van der Waals surface area contributed by atoms with Gasteiger partial charge in [0.05, 0.1) is 6.10 Å². The predicted octanol–water partition coefficient (Wildman–Crippen LogP) is 2.12. The summed E-state index contributed by atoms with van der Waals surface area (Å²) in [7, 11) is 0. The Kier molecular flexibility index (Phi) is 4.74. The number of aliphatic hydroxyl groups excluding tert-OH is 1. The summed E-state index contributed by atoms with van der Waals surface area (Å²) >= 11 is 7.15. The average Bonchev–Trinajstić information content (AvgIpc) is 1.81. The predicted molar refractivity (Wildman–Crippen MR) is 48.9 cm³/mol. The molecule has 0 amide bonds. The zero-order valence-electron chi connectivity index (χ0n) is 6.72. The average molecular weight is 183 g/mol. The normalized spacial score (nSPS) is 15.3. The number of halogens is 1. The van der Waals surface area contributed by atoms with E-state index in [4.69, 9.17) is 16.7 Å². The number of rotatable bonds is 3. The van der Waals surface area contributed by atoms with Crippen molar-refractivity contribution in [1.82, 2.24) is 0 Å². The molecule has 0 spiro atoms. The monoisotopic (exact) mass is 182 g/mol. The number of thioether (sulfide) groups is 1. The lowest BCUT2D eigenvalue weighted by molar-refractivity contribution is 0.223. The van der Waals surface area contributed by atoms with Crippen molar-refractivity contribution < 1.29 is 5.11 Å². The van der Waals surface area contributed by atoms with Gasteiger partial charge >= 0.3 is 0 Å².